The molecule has 0 amide bonds. The average Bonchev–Trinajstić information content (AvgIpc) is 2.95. The second-order valence-corrected chi connectivity index (χ2v) is 4.08. The van der Waals surface area contributed by atoms with Crippen molar-refractivity contribution in [3.8, 4) is 0 Å². The number of pyridine rings is 1. The van der Waals surface area contributed by atoms with Crippen LogP contribution in [0, 0.1) is 5.92 Å². The Morgan fingerprint density at radius 2 is 2.56 bits per heavy atom. The minimum atomic E-state index is 0.570. The Kier molecular flexibility index (Phi) is 2.46. The summed E-state index contributed by atoms with van der Waals surface area (Å²) in [7, 11) is 0. The van der Waals surface area contributed by atoms with Gasteiger partial charge in [-0.1, -0.05) is 0 Å². The molecule has 0 aliphatic carbocycles. The molecule has 0 radical (unpaired) electrons. The second-order valence-electron chi connectivity index (χ2n) is 4.08. The van der Waals surface area contributed by atoms with Crippen LogP contribution in [-0.2, 0) is 0 Å². The van der Waals surface area contributed by atoms with Gasteiger partial charge in [-0.25, -0.2) is 4.98 Å². The van der Waals surface area contributed by atoms with E-state index in [-0.39, 0.29) is 0 Å². The van der Waals surface area contributed by atoms with Gasteiger partial charge in [-0.3, -0.25) is 0 Å². The maximum Gasteiger partial charge on any atom is 0.297 e. The molecule has 1 aliphatic heterocycles. The van der Waals surface area contributed by atoms with Gasteiger partial charge >= 0.3 is 0 Å². The Labute approximate surface area is 93.3 Å². The molecule has 1 unspecified atom stereocenters. The van der Waals surface area contributed by atoms with Crippen LogP contribution in [0.5, 0.6) is 0 Å². The minimum Gasteiger partial charge on any atom is -0.422 e. The van der Waals surface area contributed by atoms with Crippen LogP contribution in [0.3, 0.4) is 0 Å². The van der Waals surface area contributed by atoms with Gasteiger partial charge in [-0.05, 0) is 37.6 Å². The van der Waals surface area contributed by atoms with Gasteiger partial charge in [0.25, 0.3) is 6.01 Å². The molecule has 0 bridgehead atoms. The SMILES string of the molecule is c1cnc2nc(NCC3CCNC3)oc2c1. The highest BCUT2D eigenvalue weighted by molar-refractivity contribution is 5.69. The largest absolute Gasteiger partial charge is 0.422 e. The Morgan fingerprint density at radius 1 is 1.56 bits per heavy atom. The van der Waals surface area contributed by atoms with Gasteiger partial charge < -0.3 is 15.1 Å². The first-order valence-electron chi connectivity index (χ1n) is 5.58. The third kappa shape index (κ3) is 1.86. The summed E-state index contributed by atoms with van der Waals surface area (Å²) in [6.07, 6.45) is 2.93. The predicted octanol–water partition coefficient (Wildman–Crippen LogP) is 1.24. The van der Waals surface area contributed by atoms with E-state index in [1.807, 2.05) is 12.1 Å². The summed E-state index contributed by atoms with van der Waals surface area (Å²) in [6.45, 7) is 3.09. The van der Waals surface area contributed by atoms with Crippen LogP contribution >= 0.6 is 0 Å². The van der Waals surface area contributed by atoms with E-state index in [1.165, 1.54) is 6.42 Å². The molecule has 1 fully saturated rings. The number of rotatable bonds is 3. The van der Waals surface area contributed by atoms with Crippen LogP contribution in [-0.4, -0.2) is 29.6 Å². The summed E-state index contributed by atoms with van der Waals surface area (Å²) >= 11 is 0. The number of aromatic nitrogens is 2. The molecular formula is C11H14N4O. The molecule has 16 heavy (non-hydrogen) atoms. The molecule has 5 nitrogen and oxygen atoms in total. The van der Waals surface area contributed by atoms with Crippen molar-refractivity contribution in [1.82, 2.24) is 15.3 Å². The second kappa shape index (κ2) is 4.09. The topological polar surface area (TPSA) is 63.0 Å². The van der Waals surface area contributed by atoms with E-state index >= 15 is 0 Å². The van der Waals surface area contributed by atoms with Crippen LogP contribution in [0.25, 0.3) is 11.2 Å². The number of hydrogen-bond acceptors (Lipinski definition) is 5. The van der Waals surface area contributed by atoms with Gasteiger partial charge in [0.1, 0.15) is 0 Å². The summed E-state index contributed by atoms with van der Waals surface area (Å²) in [4.78, 5) is 8.39. The van der Waals surface area contributed by atoms with Crippen molar-refractivity contribution >= 4 is 17.2 Å². The molecule has 0 saturated carbocycles. The summed E-state index contributed by atoms with van der Waals surface area (Å²) in [5, 5.41) is 6.55. The van der Waals surface area contributed by atoms with Gasteiger partial charge in [0.2, 0.25) is 5.65 Å². The molecule has 2 aromatic heterocycles. The van der Waals surface area contributed by atoms with Crippen LogP contribution in [0.15, 0.2) is 22.7 Å². The smallest absolute Gasteiger partial charge is 0.297 e. The minimum absolute atomic E-state index is 0.570. The molecule has 1 saturated heterocycles. The lowest BCUT2D eigenvalue weighted by molar-refractivity contribution is 0.574. The van der Waals surface area contributed by atoms with Crippen molar-refractivity contribution in [2.24, 2.45) is 5.92 Å². The summed E-state index contributed by atoms with van der Waals surface area (Å²) < 4.78 is 5.52. The fraction of sp³-hybridized carbons (Fsp3) is 0.455. The third-order valence-electron chi connectivity index (χ3n) is 2.87. The van der Waals surface area contributed by atoms with Gasteiger partial charge in [0, 0.05) is 12.7 Å². The number of fused-ring (bicyclic) bond motifs is 1. The van der Waals surface area contributed by atoms with E-state index in [1.54, 1.807) is 6.20 Å². The Bertz CT molecular complexity index is 443. The van der Waals surface area contributed by atoms with Crippen molar-refractivity contribution in [2.45, 2.75) is 6.42 Å². The molecule has 84 valence electrons. The zero-order chi connectivity index (χ0) is 10.8. The molecule has 5 heteroatoms. The van der Waals surface area contributed by atoms with E-state index in [0.717, 1.165) is 25.2 Å². The molecule has 0 spiro atoms. The molecule has 0 aromatic carbocycles. The number of nitrogens with one attached hydrogen (secondary N) is 2. The molecule has 2 aromatic rings. The fourth-order valence-electron chi connectivity index (χ4n) is 1.96. The standard InChI is InChI=1S/C11H14N4O/c1-2-9-10(13-4-1)15-11(16-9)14-7-8-3-5-12-6-8/h1-2,4,8,12H,3,5-7H2,(H,13,14,15). The number of hydrogen-bond donors (Lipinski definition) is 2. The Morgan fingerprint density at radius 3 is 3.38 bits per heavy atom. The molecule has 1 aliphatic rings. The highest BCUT2D eigenvalue weighted by Gasteiger charge is 2.15. The van der Waals surface area contributed by atoms with E-state index in [0.29, 0.717) is 17.6 Å². The summed E-state index contributed by atoms with van der Waals surface area (Å²) in [5.74, 6) is 0.669. The van der Waals surface area contributed by atoms with Crippen LogP contribution in [0.2, 0.25) is 0 Å². The van der Waals surface area contributed by atoms with E-state index in [2.05, 4.69) is 20.6 Å². The number of anilines is 1. The lowest BCUT2D eigenvalue weighted by atomic mass is 10.1. The van der Waals surface area contributed by atoms with Crippen molar-refractivity contribution in [3.63, 3.8) is 0 Å². The zero-order valence-corrected chi connectivity index (χ0v) is 8.94. The third-order valence-corrected chi connectivity index (χ3v) is 2.87. The first-order valence-corrected chi connectivity index (χ1v) is 5.58. The fourth-order valence-corrected chi connectivity index (χ4v) is 1.96. The molecule has 1 atom stereocenters. The van der Waals surface area contributed by atoms with Crippen LogP contribution in [0.1, 0.15) is 6.42 Å². The predicted molar refractivity (Wildman–Crippen MR) is 61.3 cm³/mol. The van der Waals surface area contributed by atoms with Gasteiger partial charge in [-0.2, -0.15) is 4.98 Å². The van der Waals surface area contributed by atoms with Crippen molar-refractivity contribution in [1.29, 1.82) is 0 Å². The number of oxazole rings is 1. The highest BCUT2D eigenvalue weighted by atomic mass is 16.4. The maximum atomic E-state index is 5.52. The Balaban J connectivity index is 1.69. The van der Waals surface area contributed by atoms with E-state index in [4.69, 9.17) is 4.42 Å². The summed E-state index contributed by atoms with van der Waals surface area (Å²) in [6, 6.07) is 4.29. The molecule has 2 N–H and O–H groups in total. The molecular weight excluding hydrogens is 204 g/mol. The maximum absolute atomic E-state index is 5.52. The zero-order valence-electron chi connectivity index (χ0n) is 8.94. The number of nitrogens with zero attached hydrogens (tertiary/aromatic N) is 2. The summed E-state index contributed by atoms with van der Waals surface area (Å²) in [5.41, 5.74) is 1.39. The van der Waals surface area contributed by atoms with Gasteiger partial charge in [0.15, 0.2) is 5.58 Å². The molecule has 3 heterocycles. The lowest BCUT2D eigenvalue weighted by Gasteiger charge is -2.07. The monoisotopic (exact) mass is 218 g/mol. The first kappa shape index (κ1) is 9.59. The highest BCUT2D eigenvalue weighted by Crippen LogP contribution is 2.17. The first-order chi connectivity index (χ1) is 7.92. The van der Waals surface area contributed by atoms with Crippen molar-refractivity contribution in [3.05, 3.63) is 18.3 Å². The van der Waals surface area contributed by atoms with Crippen LogP contribution < -0.4 is 10.6 Å². The van der Waals surface area contributed by atoms with Gasteiger partial charge in [-0.15, -0.1) is 0 Å². The van der Waals surface area contributed by atoms with Crippen molar-refractivity contribution < 1.29 is 4.42 Å². The average molecular weight is 218 g/mol. The Hall–Kier alpha value is -1.62. The lowest BCUT2D eigenvalue weighted by Crippen LogP contribution is -2.17. The van der Waals surface area contributed by atoms with Crippen LogP contribution in [0.4, 0.5) is 6.01 Å². The normalized spacial score (nSPS) is 20.4. The van der Waals surface area contributed by atoms with E-state index < -0.39 is 0 Å². The van der Waals surface area contributed by atoms with Gasteiger partial charge in [0.05, 0.1) is 0 Å². The van der Waals surface area contributed by atoms with Crippen molar-refractivity contribution in [2.75, 3.05) is 25.0 Å². The van der Waals surface area contributed by atoms with E-state index in [9.17, 15) is 0 Å². The quantitative estimate of drug-likeness (QED) is 0.811. The molecule has 3 rings (SSSR count).